The van der Waals surface area contributed by atoms with Gasteiger partial charge in [0.25, 0.3) is 0 Å². The van der Waals surface area contributed by atoms with Crippen LogP contribution in [0.15, 0.2) is 17.6 Å². The lowest BCUT2D eigenvalue weighted by Gasteiger charge is -2.21. The lowest BCUT2D eigenvalue weighted by molar-refractivity contribution is 0.530. The molecular formula is C9H12ClN3S. The monoisotopic (exact) mass is 229 g/mol. The predicted octanol–water partition coefficient (Wildman–Crippen LogP) is 1.97. The summed E-state index contributed by atoms with van der Waals surface area (Å²) in [4.78, 5) is 8.33. The van der Waals surface area contributed by atoms with Crippen molar-refractivity contribution in [3.05, 3.63) is 17.4 Å². The Kier molecular flexibility index (Phi) is 3.61. The van der Waals surface area contributed by atoms with E-state index in [0.717, 1.165) is 18.2 Å². The van der Waals surface area contributed by atoms with E-state index in [1.54, 1.807) is 24.2 Å². The molecule has 1 aliphatic heterocycles. The molecule has 2 heterocycles. The first-order valence-electron chi connectivity index (χ1n) is 4.69. The molecule has 14 heavy (non-hydrogen) atoms. The smallest absolute Gasteiger partial charge is 0.187 e. The van der Waals surface area contributed by atoms with E-state index < -0.39 is 0 Å². The standard InChI is InChI=1S/C9H12ClN3S/c10-7-4-12-9(13-5-7)14-8-2-1-3-11-6-8/h4-5,8,11H,1-3,6H2/t8-/m1/s1. The van der Waals surface area contributed by atoms with Crippen molar-refractivity contribution >= 4 is 23.4 Å². The van der Waals surface area contributed by atoms with Gasteiger partial charge in [0.1, 0.15) is 0 Å². The summed E-state index contributed by atoms with van der Waals surface area (Å²) in [6, 6.07) is 0. The number of aromatic nitrogens is 2. The van der Waals surface area contributed by atoms with Crippen LogP contribution in [0.3, 0.4) is 0 Å². The summed E-state index contributed by atoms with van der Waals surface area (Å²) in [5, 5.41) is 5.38. The number of rotatable bonds is 2. The molecule has 0 aromatic carbocycles. The van der Waals surface area contributed by atoms with E-state index in [0.29, 0.717) is 10.3 Å². The Bertz CT molecular complexity index is 285. The summed E-state index contributed by atoms with van der Waals surface area (Å²) in [5.74, 6) is 0. The SMILES string of the molecule is Clc1cnc(S[C@@H]2CCCNC2)nc1. The van der Waals surface area contributed by atoms with Gasteiger partial charge in [-0.25, -0.2) is 9.97 Å². The molecule has 0 aliphatic carbocycles. The van der Waals surface area contributed by atoms with Gasteiger partial charge in [-0.2, -0.15) is 0 Å². The first-order chi connectivity index (χ1) is 6.84. The summed E-state index contributed by atoms with van der Waals surface area (Å²) in [6.07, 6.45) is 5.77. The highest BCUT2D eigenvalue weighted by Gasteiger charge is 2.15. The topological polar surface area (TPSA) is 37.8 Å². The maximum Gasteiger partial charge on any atom is 0.187 e. The second-order valence-corrected chi connectivity index (χ2v) is 4.97. The lowest BCUT2D eigenvalue weighted by atomic mass is 10.2. The first kappa shape index (κ1) is 10.2. The molecular weight excluding hydrogens is 218 g/mol. The molecule has 0 unspecified atom stereocenters. The fourth-order valence-electron chi connectivity index (χ4n) is 1.43. The highest BCUT2D eigenvalue weighted by atomic mass is 35.5. The average Bonchev–Trinajstić information content (AvgIpc) is 2.23. The van der Waals surface area contributed by atoms with Crippen LogP contribution in [0.25, 0.3) is 0 Å². The second kappa shape index (κ2) is 4.96. The molecule has 0 amide bonds. The summed E-state index contributed by atoms with van der Waals surface area (Å²) in [6.45, 7) is 2.19. The van der Waals surface area contributed by atoms with Gasteiger partial charge in [-0.15, -0.1) is 0 Å². The van der Waals surface area contributed by atoms with E-state index in [2.05, 4.69) is 15.3 Å². The third-order valence-electron chi connectivity index (χ3n) is 2.12. The second-order valence-electron chi connectivity index (χ2n) is 3.27. The van der Waals surface area contributed by atoms with Gasteiger partial charge in [-0.1, -0.05) is 23.4 Å². The molecule has 1 N–H and O–H groups in total. The molecule has 2 rings (SSSR count). The molecule has 0 radical (unpaired) electrons. The predicted molar refractivity (Wildman–Crippen MR) is 58.8 cm³/mol. The number of piperidine rings is 1. The fourth-order valence-corrected chi connectivity index (χ4v) is 2.54. The lowest BCUT2D eigenvalue weighted by Crippen LogP contribution is -2.31. The Hall–Kier alpha value is -0.320. The van der Waals surface area contributed by atoms with Crippen LogP contribution in [-0.2, 0) is 0 Å². The zero-order valence-corrected chi connectivity index (χ0v) is 9.31. The van der Waals surface area contributed by atoms with E-state index in [1.165, 1.54) is 12.8 Å². The molecule has 0 bridgehead atoms. The van der Waals surface area contributed by atoms with Gasteiger partial charge >= 0.3 is 0 Å². The van der Waals surface area contributed by atoms with Crippen molar-refractivity contribution in [2.75, 3.05) is 13.1 Å². The molecule has 5 heteroatoms. The van der Waals surface area contributed by atoms with Crippen molar-refractivity contribution in [2.24, 2.45) is 0 Å². The van der Waals surface area contributed by atoms with E-state index in [-0.39, 0.29) is 0 Å². The van der Waals surface area contributed by atoms with Gasteiger partial charge in [-0.3, -0.25) is 0 Å². The number of nitrogens with zero attached hydrogens (tertiary/aromatic N) is 2. The molecule has 1 aromatic heterocycles. The van der Waals surface area contributed by atoms with Crippen LogP contribution >= 0.6 is 23.4 Å². The van der Waals surface area contributed by atoms with Crippen molar-refractivity contribution in [3.63, 3.8) is 0 Å². The minimum absolute atomic E-state index is 0.594. The van der Waals surface area contributed by atoms with Crippen molar-refractivity contribution in [3.8, 4) is 0 Å². The Morgan fingerprint density at radius 2 is 2.21 bits per heavy atom. The minimum Gasteiger partial charge on any atom is -0.316 e. The van der Waals surface area contributed by atoms with E-state index >= 15 is 0 Å². The molecule has 0 saturated carbocycles. The number of hydrogen-bond donors (Lipinski definition) is 1. The van der Waals surface area contributed by atoms with Crippen LogP contribution in [0.1, 0.15) is 12.8 Å². The first-order valence-corrected chi connectivity index (χ1v) is 5.95. The Morgan fingerprint density at radius 3 is 2.86 bits per heavy atom. The largest absolute Gasteiger partial charge is 0.316 e. The van der Waals surface area contributed by atoms with Gasteiger partial charge < -0.3 is 5.32 Å². The molecule has 1 saturated heterocycles. The van der Waals surface area contributed by atoms with Crippen LogP contribution in [0.2, 0.25) is 5.02 Å². The molecule has 1 fully saturated rings. The van der Waals surface area contributed by atoms with Crippen molar-refractivity contribution < 1.29 is 0 Å². The summed E-state index contributed by atoms with van der Waals surface area (Å²) < 4.78 is 0. The third-order valence-corrected chi connectivity index (χ3v) is 3.47. The van der Waals surface area contributed by atoms with Crippen molar-refractivity contribution in [2.45, 2.75) is 23.2 Å². The van der Waals surface area contributed by atoms with Gasteiger partial charge in [-0.05, 0) is 19.4 Å². The van der Waals surface area contributed by atoms with E-state index in [1.807, 2.05) is 0 Å². The molecule has 1 atom stereocenters. The minimum atomic E-state index is 0.594. The maximum absolute atomic E-state index is 5.71. The molecule has 76 valence electrons. The van der Waals surface area contributed by atoms with Crippen LogP contribution in [0, 0.1) is 0 Å². The molecule has 1 aliphatic rings. The number of halogens is 1. The average molecular weight is 230 g/mol. The van der Waals surface area contributed by atoms with Crippen LogP contribution in [0.5, 0.6) is 0 Å². The van der Waals surface area contributed by atoms with Crippen LogP contribution in [-0.4, -0.2) is 28.3 Å². The van der Waals surface area contributed by atoms with Gasteiger partial charge in [0.15, 0.2) is 5.16 Å². The van der Waals surface area contributed by atoms with Crippen LogP contribution < -0.4 is 5.32 Å². The summed E-state index contributed by atoms with van der Waals surface area (Å²) in [5.41, 5.74) is 0. The van der Waals surface area contributed by atoms with Crippen molar-refractivity contribution in [1.29, 1.82) is 0 Å². The van der Waals surface area contributed by atoms with Crippen molar-refractivity contribution in [1.82, 2.24) is 15.3 Å². The Balaban J connectivity index is 1.92. The Morgan fingerprint density at radius 1 is 1.43 bits per heavy atom. The van der Waals surface area contributed by atoms with Gasteiger partial charge in [0.2, 0.25) is 0 Å². The van der Waals surface area contributed by atoms with E-state index in [9.17, 15) is 0 Å². The Labute approximate surface area is 92.7 Å². The zero-order valence-electron chi connectivity index (χ0n) is 7.74. The number of thioether (sulfide) groups is 1. The summed E-state index contributed by atoms with van der Waals surface area (Å²) >= 11 is 7.44. The molecule has 1 aromatic rings. The summed E-state index contributed by atoms with van der Waals surface area (Å²) in [7, 11) is 0. The van der Waals surface area contributed by atoms with Gasteiger partial charge in [0.05, 0.1) is 17.4 Å². The maximum atomic E-state index is 5.71. The normalized spacial score (nSPS) is 22.2. The third kappa shape index (κ3) is 2.83. The highest BCUT2D eigenvalue weighted by Crippen LogP contribution is 2.24. The zero-order chi connectivity index (χ0) is 9.80. The fraction of sp³-hybridized carbons (Fsp3) is 0.556. The van der Waals surface area contributed by atoms with E-state index in [4.69, 9.17) is 11.6 Å². The molecule has 0 spiro atoms. The highest BCUT2D eigenvalue weighted by molar-refractivity contribution is 7.99. The quantitative estimate of drug-likeness (QED) is 0.787. The molecule has 3 nitrogen and oxygen atoms in total. The van der Waals surface area contributed by atoms with Crippen LogP contribution in [0.4, 0.5) is 0 Å². The number of hydrogen-bond acceptors (Lipinski definition) is 4. The van der Waals surface area contributed by atoms with Gasteiger partial charge in [0, 0.05) is 11.8 Å². The number of nitrogens with one attached hydrogen (secondary N) is 1.